The number of aromatic nitrogens is 1. The number of oxazole rings is 1. The van der Waals surface area contributed by atoms with Gasteiger partial charge in [-0.05, 0) is 76.8 Å². The first-order chi connectivity index (χ1) is 23.4. The van der Waals surface area contributed by atoms with Crippen molar-refractivity contribution in [2.75, 3.05) is 18.6 Å². The fourth-order valence-electron chi connectivity index (χ4n) is 7.51. The van der Waals surface area contributed by atoms with Crippen molar-refractivity contribution in [3.8, 4) is 16.5 Å². The molecule has 2 saturated heterocycles. The summed E-state index contributed by atoms with van der Waals surface area (Å²) in [5.74, 6) is -0.443. The zero-order valence-corrected chi connectivity index (χ0v) is 29.2. The van der Waals surface area contributed by atoms with E-state index < -0.39 is 44.6 Å². The van der Waals surface area contributed by atoms with Gasteiger partial charge in [0.2, 0.25) is 22.3 Å². The predicted molar refractivity (Wildman–Crippen MR) is 178 cm³/mol. The second-order valence-corrected chi connectivity index (χ2v) is 17.3. The summed E-state index contributed by atoms with van der Waals surface area (Å²) < 4.78 is 51.9. The van der Waals surface area contributed by atoms with E-state index in [1.165, 1.54) is 23.8 Å². The Bertz CT molecular complexity index is 1870. The number of hydrogen-bond acceptors (Lipinski definition) is 12. The van der Waals surface area contributed by atoms with Gasteiger partial charge in [-0.25, -0.2) is 13.4 Å². The zero-order valence-electron chi connectivity index (χ0n) is 27.6. The maximum absolute atomic E-state index is 14.5. The lowest BCUT2D eigenvalue weighted by molar-refractivity contribution is -0.130. The zero-order chi connectivity index (χ0) is 34.3. The Kier molecular flexibility index (Phi) is 7.87. The molecule has 2 N–H and O–H groups in total. The highest BCUT2D eigenvalue weighted by Crippen LogP contribution is 2.52. The van der Waals surface area contributed by atoms with Crippen LogP contribution in [-0.2, 0) is 24.3 Å². The SMILES string of the molecule is COc1ccccc1[C@H](CN1c2sc(-c3ncco3)c(C)c2C(=O)N(C2(C(=O)NS(=O)(=O)C3(C)CC3)CC2)C1O)O[C@@H]1C[C@H]2CC[C@@H](C1)O2. The molecule has 0 radical (unpaired) electrons. The van der Waals surface area contributed by atoms with Gasteiger partial charge in [-0.3, -0.25) is 19.2 Å². The number of sulfonamides is 1. The number of para-hydroxylation sites is 1. The molecule has 49 heavy (non-hydrogen) atoms. The standard InChI is InChI=1S/C34H40N4O9S2/c1-19-26-29(39)38(34(12-13-34)31(40)36-49(42,43)33(2)10-11-33)32(41)37(30(26)48-27(19)28-35-14-15-45-28)18-25(23-6-4-5-7-24(23)44-3)47-22-16-20-8-9-21(17-22)46-20/h4-7,14-15,20-22,25,32,41H,8-13,16-18H2,1-3H3,(H,36,40)/t20-,21+,22-,25-,32?/m0/s1. The lowest BCUT2D eigenvalue weighted by Gasteiger charge is -2.46. The molecule has 2 bridgehead atoms. The molecule has 1 aromatic carbocycles. The van der Waals surface area contributed by atoms with E-state index in [9.17, 15) is 23.1 Å². The first-order valence-corrected chi connectivity index (χ1v) is 19.1. The van der Waals surface area contributed by atoms with Crippen molar-refractivity contribution < 1.29 is 41.7 Å². The molecule has 8 rings (SSSR count). The van der Waals surface area contributed by atoms with E-state index in [0.29, 0.717) is 45.5 Å². The molecule has 0 spiro atoms. The number of carbonyl (C=O) groups is 2. The van der Waals surface area contributed by atoms with Crippen molar-refractivity contribution in [2.45, 2.75) is 106 Å². The lowest BCUT2D eigenvalue weighted by atomic mass is 10.0. The number of thiophene rings is 1. The van der Waals surface area contributed by atoms with Gasteiger partial charge in [-0.2, -0.15) is 0 Å². The van der Waals surface area contributed by atoms with Crippen molar-refractivity contribution in [3.05, 3.63) is 53.4 Å². The van der Waals surface area contributed by atoms with Gasteiger partial charge < -0.3 is 28.6 Å². The maximum Gasteiger partial charge on any atom is 0.261 e. The second-order valence-electron chi connectivity index (χ2n) is 14.1. The summed E-state index contributed by atoms with van der Waals surface area (Å²) in [4.78, 5) is 36.1. The van der Waals surface area contributed by atoms with Crippen LogP contribution in [0.3, 0.4) is 0 Å². The van der Waals surface area contributed by atoms with Crippen LogP contribution in [0.15, 0.2) is 41.1 Å². The number of amides is 2. The van der Waals surface area contributed by atoms with Gasteiger partial charge in [-0.15, -0.1) is 11.3 Å². The number of aliphatic hydroxyl groups excluding tert-OH is 1. The lowest BCUT2D eigenvalue weighted by Crippen LogP contribution is -2.64. The molecule has 2 saturated carbocycles. The highest BCUT2D eigenvalue weighted by Gasteiger charge is 2.63. The van der Waals surface area contributed by atoms with Crippen LogP contribution in [0.5, 0.6) is 5.75 Å². The van der Waals surface area contributed by atoms with Crippen molar-refractivity contribution >= 4 is 38.2 Å². The Balaban J connectivity index is 1.20. The van der Waals surface area contributed by atoms with Crippen LogP contribution in [0.1, 0.15) is 85.9 Å². The van der Waals surface area contributed by atoms with Gasteiger partial charge in [0.15, 0.2) is 0 Å². The van der Waals surface area contributed by atoms with Crippen molar-refractivity contribution in [2.24, 2.45) is 0 Å². The Morgan fingerprint density at radius 2 is 1.90 bits per heavy atom. The Morgan fingerprint density at radius 1 is 1.18 bits per heavy atom. The van der Waals surface area contributed by atoms with Gasteiger partial charge in [0.1, 0.15) is 28.7 Å². The number of hydrogen-bond donors (Lipinski definition) is 2. The third-order valence-electron chi connectivity index (χ3n) is 10.8. The number of carbonyl (C=O) groups excluding carboxylic acids is 2. The summed E-state index contributed by atoms with van der Waals surface area (Å²) in [7, 11) is -2.40. The molecule has 5 aliphatic rings. The Hall–Kier alpha value is -3.50. The number of anilines is 1. The average Bonchev–Trinajstić information content (AvgIpc) is 3.88. The molecule has 3 aliphatic heterocycles. The molecule has 2 amide bonds. The Morgan fingerprint density at radius 3 is 2.53 bits per heavy atom. The minimum absolute atomic E-state index is 0.0874. The number of methoxy groups -OCH3 is 1. The van der Waals surface area contributed by atoms with Crippen LogP contribution in [0.25, 0.3) is 10.8 Å². The van der Waals surface area contributed by atoms with E-state index in [1.807, 2.05) is 24.3 Å². The molecular formula is C34H40N4O9S2. The van der Waals surface area contributed by atoms with Gasteiger partial charge in [0.05, 0.1) is 53.4 Å². The number of aliphatic hydroxyl groups is 1. The van der Waals surface area contributed by atoms with Gasteiger partial charge in [0.25, 0.3) is 11.8 Å². The molecule has 2 aromatic heterocycles. The molecule has 4 fully saturated rings. The van der Waals surface area contributed by atoms with Gasteiger partial charge >= 0.3 is 0 Å². The minimum atomic E-state index is -3.99. The number of ether oxygens (including phenoxy) is 3. The minimum Gasteiger partial charge on any atom is -0.496 e. The maximum atomic E-state index is 14.5. The topological polar surface area (TPSA) is 161 Å². The molecule has 262 valence electrons. The van der Waals surface area contributed by atoms with Crippen LogP contribution < -0.4 is 14.4 Å². The van der Waals surface area contributed by atoms with E-state index in [-0.39, 0.29) is 37.7 Å². The van der Waals surface area contributed by atoms with Crippen LogP contribution in [-0.4, -0.2) is 83.8 Å². The number of nitrogens with one attached hydrogen (secondary N) is 1. The highest BCUT2D eigenvalue weighted by molar-refractivity contribution is 7.91. The molecule has 5 atom stereocenters. The summed E-state index contributed by atoms with van der Waals surface area (Å²) in [6.45, 7) is 3.47. The summed E-state index contributed by atoms with van der Waals surface area (Å²) >= 11 is 1.26. The highest BCUT2D eigenvalue weighted by atomic mass is 32.2. The van der Waals surface area contributed by atoms with Crippen LogP contribution in [0.4, 0.5) is 5.00 Å². The van der Waals surface area contributed by atoms with Crippen molar-refractivity contribution in [1.29, 1.82) is 0 Å². The third kappa shape index (κ3) is 5.44. The van der Waals surface area contributed by atoms with E-state index in [4.69, 9.17) is 18.6 Å². The Labute approximate surface area is 288 Å². The van der Waals surface area contributed by atoms with Crippen LogP contribution in [0.2, 0.25) is 0 Å². The fourth-order valence-corrected chi connectivity index (χ4v) is 10.1. The first-order valence-electron chi connectivity index (χ1n) is 16.8. The smallest absolute Gasteiger partial charge is 0.261 e. The van der Waals surface area contributed by atoms with E-state index in [0.717, 1.165) is 36.1 Å². The quantitative estimate of drug-likeness (QED) is 0.293. The summed E-state index contributed by atoms with van der Waals surface area (Å²) in [5.41, 5.74) is 0.0925. The number of fused-ring (bicyclic) bond motifs is 3. The third-order valence-corrected chi connectivity index (χ3v) is 14.3. The summed E-state index contributed by atoms with van der Waals surface area (Å²) in [6.07, 6.45) is 5.64. The van der Waals surface area contributed by atoms with E-state index in [1.54, 1.807) is 25.9 Å². The number of nitrogens with zero attached hydrogens (tertiary/aromatic N) is 3. The van der Waals surface area contributed by atoms with E-state index in [2.05, 4.69) is 9.71 Å². The molecule has 15 heteroatoms. The number of rotatable bonds is 11. The molecule has 2 aliphatic carbocycles. The molecule has 5 heterocycles. The largest absolute Gasteiger partial charge is 0.496 e. The fraction of sp³-hybridized carbons (Fsp3) is 0.559. The van der Waals surface area contributed by atoms with E-state index >= 15 is 0 Å². The normalized spacial score (nSPS) is 27.1. The molecular weight excluding hydrogens is 673 g/mol. The van der Waals surface area contributed by atoms with Gasteiger partial charge in [0, 0.05) is 5.56 Å². The monoisotopic (exact) mass is 712 g/mol. The predicted octanol–water partition coefficient (Wildman–Crippen LogP) is 4.26. The number of benzene rings is 1. The molecule has 13 nitrogen and oxygen atoms in total. The summed E-state index contributed by atoms with van der Waals surface area (Å²) in [6, 6.07) is 7.55. The van der Waals surface area contributed by atoms with Crippen molar-refractivity contribution in [3.63, 3.8) is 0 Å². The van der Waals surface area contributed by atoms with Crippen LogP contribution >= 0.6 is 11.3 Å². The summed E-state index contributed by atoms with van der Waals surface area (Å²) in [5, 5.41) is 12.7. The van der Waals surface area contributed by atoms with Crippen LogP contribution in [0, 0.1) is 6.92 Å². The molecule has 3 aromatic rings. The second kappa shape index (κ2) is 11.8. The first kappa shape index (κ1) is 32.7. The molecule has 1 unspecified atom stereocenters. The average molecular weight is 713 g/mol. The van der Waals surface area contributed by atoms with Crippen molar-refractivity contribution in [1.82, 2.24) is 14.6 Å². The van der Waals surface area contributed by atoms with Gasteiger partial charge in [-0.1, -0.05) is 18.2 Å².